The summed E-state index contributed by atoms with van der Waals surface area (Å²) in [6, 6.07) is 4.26. The van der Waals surface area contributed by atoms with Crippen LogP contribution in [0.1, 0.15) is 33.6 Å². The van der Waals surface area contributed by atoms with Crippen LogP contribution in [0.2, 0.25) is 0 Å². The third kappa shape index (κ3) is 4.88. The molecule has 1 saturated heterocycles. The van der Waals surface area contributed by atoms with E-state index in [0.717, 1.165) is 31.6 Å². The molecule has 0 spiro atoms. The van der Waals surface area contributed by atoms with Crippen LogP contribution in [0.25, 0.3) is 0 Å². The molecular formula is C17H29ClN4O3S. The fourth-order valence-corrected chi connectivity index (χ4v) is 4.45. The van der Waals surface area contributed by atoms with E-state index in [4.69, 9.17) is 5.73 Å². The molecule has 1 heterocycles. The van der Waals surface area contributed by atoms with E-state index in [9.17, 15) is 13.2 Å². The normalized spacial score (nSPS) is 15.7. The Bertz CT molecular complexity index is 715. The molecule has 0 bridgehead atoms. The number of carbonyl (C=O) groups excluding carboxylic acids is 1. The maximum absolute atomic E-state index is 12.8. The van der Waals surface area contributed by atoms with Gasteiger partial charge in [0, 0.05) is 26.2 Å². The number of carbonyl (C=O) groups is 1. The topological polar surface area (TPSA) is 95.7 Å². The summed E-state index contributed by atoms with van der Waals surface area (Å²) < 4.78 is 26.9. The maximum atomic E-state index is 12.8. The van der Waals surface area contributed by atoms with Gasteiger partial charge >= 0.3 is 0 Å². The minimum atomic E-state index is -3.59. The van der Waals surface area contributed by atoms with Crippen LogP contribution in [0.15, 0.2) is 23.1 Å². The number of nitrogens with zero attached hydrogens (tertiary/aromatic N) is 2. The van der Waals surface area contributed by atoms with Crippen LogP contribution >= 0.6 is 12.4 Å². The van der Waals surface area contributed by atoms with Crippen LogP contribution in [0, 0.1) is 0 Å². The zero-order valence-corrected chi connectivity index (χ0v) is 17.2. The molecule has 1 aromatic rings. The van der Waals surface area contributed by atoms with E-state index in [-0.39, 0.29) is 23.2 Å². The Labute approximate surface area is 162 Å². The zero-order valence-electron chi connectivity index (χ0n) is 15.6. The Balaban J connectivity index is 0.00000338. The molecule has 0 radical (unpaired) electrons. The van der Waals surface area contributed by atoms with Gasteiger partial charge in [-0.25, -0.2) is 8.42 Å². The number of halogens is 1. The second-order valence-electron chi connectivity index (χ2n) is 6.24. The summed E-state index contributed by atoms with van der Waals surface area (Å²) in [5, 5.41) is 2.79. The molecule has 0 aromatic heterocycles. The van der Waals surface area contributed by atoms with Gasteiger partial charge in [-0.15, -0.1) is 12.4 Å². The highest BCUT2D eigenvalue weighted by Gasteiger charge is 2.25. The van der Waals surface area contributed by atoms with Crippen molar-refractivity contribution in [3.05, 3.63) is 18.2 Å². The van der Waals surface area contributed by atoms with E-state index in [0.29, 0.717) is 18.8 Å². The SMILES string of the molecule is CCN(CC)S(=O)(=O)c1ccc(N2CCCC2)c(NC(=O)[C@H](C)N)c1.Cl. The summed E-state index contributed by atoms with van der Waals surface area (Å²) in [5.41, 5.74) is 6.99. The number of anilines is 2. The summed E-state index contributed by atoms with van der Waals surface area (Å²) >= 11 is 0. The number of amides is 1. The van der Waals surface area contributed by atoms with E-state index >= 15 is 0 Å². The quantitative estimate of drug-likeness (QED) is 0.724. The van der Waals surface area contributed by atoms with E-state index < -0.39 is 16.1 Å². The average Bonchev–Trinajstić information content (AvgIpc) is 3.09. The highest BCUT2D eigenvalue weighted by Crippen LogP contribution is 2.32. The summed E-state index contributed by atoms with van der Waals surface area (Å²) in [5.74, 6) is -0.335. The summed E-state index contributed by atoms with van der Waals surface area (Å²) in [4.78, 5) is 14.4. The number of benzene rings is 1. The molecule has 1 atom stereocenters. The van der Waals surface area contributed by atoms with Crippen molar-refractivity contribution in [2.24, 2.45) is 5.73 Å². The Morgan fingerprint density at radius 2 is 1.85 bits per heavy atom. The van der Waals surface area contributed by atoms with Crippen molar-refractivity contribution in [2.45, 2.75) is 44.6 Å². The minimum Gasteiger partial charge on any atom is -0.370 e. The highest BCUT2D eigenvalue weighted by molar-refractivity contribution is 7.89. The van der Waals surface area contributed by atoms with Gasteiger partial charge in [-0.3, -0.25) is 4.79 Å². The van der Waals surface area contributed by atoms with E-state index in [1.165, 1.54) is 4.31 Å². The van der Waals surface area contributed by atoms with Gasteiger partial charge < -0.3 is 16.0 Å². The van der Waals surface area contributed by atoms with Gasteiger partial charge in [-0.2, -0.15) is 4.31 Å². The van der Waals surface area contributed by atoms with Gasteiger partial charge in [0.25, 0.3) is 0 Å². The lowest BCUT2D eigenvalue weighted by Gasteiger charge is -2.24. The Hall–Kier alpha value is -1.35. The molecule has 1 aliphatic heterocycles. The van der Waals surface area contributed by atoms with Crippen LogP contribution in [0.3, 0.4) is 0 Å². The molecule has 0 unspecified atom stereocenters. The molecule has 9 heteroatoms. The predicted octanol–water partition coefficient (Wildman–Crippen LogP) is 2.02. The number of nitrogens with two attached hydrogens (primary N) is 1. The maximum Gasteiger partial charge on any atom is 0.243 e. The number of hydrogen-bond donors (Lipinski definition) is 2. The number of nitrogens with one attached hydrogen (secondary N) is 1. The van der Waals surface area contributed by atoms with E-state index in [2.05, 4.69) is 10.2 Å². The third-order valence-corrected chi connectivity index (χ3v) is 6.48. The van der Waals surface area contributed by atoms with Crippen molar-refractivity contribution >= 4 is 39.7 Å². The van der Waals surface area contributed by atoms with Crippen LogP contribution in [0.4, 0.5) is 11.4 Å². The van der Waals surface area contributed by atoms with Gasteiger partial charge in [0.1, 0.15) is 0 Å². The Morgan fingerprint density at radius 1 is 1.27 bits per heavy atom. The van der Waals surface area contributed by atoms with Gasteiger partial charge in [0.15, 0.2) is 0 Å². The molecule has 0 saturated carbocycles. The lowest BCUT2D eigenvalue weighted by atomic mass is 10.2. The average molecular weight is 405 g/mol. The standard InChI is InChI=1S/C17H28N4O3S.ClH/c1-4-21(5-2)25(23,24)14-8-9-16(20-10-6-7-11-20)15(12-14)19-17(22)13(3)18;/h8-9,12-13H,4-7,10-11,18H2,1-3H3,(H,19,22);1H/t13-;/m0./s1. The van der Waals surface area contributed by atoms with Crippen molar-refractivity contribution in [3.63, 3.8) is 0 Å². The lowest BCUT2D eigenvalue weighted by Crippen LogP contribution is -2.34. The van der Waals surface area contributed by atoms with Crippen molar-refractivity contribution in [3.8, 4) is 0 Å². The molecule has 1 aliphatic rings. The first-order valence-corrected chi connectivity index (χ1v) is 10.2. The molecule has 3 N–H and O–H groups in total. The summed E-state index contributed by atoms with van der Waals surface area (Å²) in [6.45, 7) is 7.78. The van der Waals surface area contributed by atoms with Gasteiger partial charge in [-0.1, -0.05) is 13.8 Å². The van der Waals surface area contributed by atoms with Crippen LogP contribution in [0.5, 0.6) is 0 Å². The van der Waals surface area contributed by atoms with Gasteiger partial charge in [0.05, 0.1) is 22.3 Å². The molecule has 1 amide bonds. The first kappa shape index (κ1) is 22.7. The molecule has 1 fully saturated rings. The van der Waals surface area contributed by atoms with Crippen LogP contribution < -0.4 is 16.0 Å². The Morgan fingerprint density at radius 3 is 2.35 bits per heavy atom. The summed E-state index contributed by atoms with van der Waals surface area (Å²) in [6.07, 6.45) is 2.17. The van der Waals surface area contributed by atoms with Crippen molar-refractivity contribution < 1.29 is 13.2 Å². The fraction of sp³-hybridized carbons (Fsp3) is 0.588. The monoisotopic (exact) mass is 404 g/mol. The lowest BCUT2D eigenvalue weighted by molar-refractivity contribution is -0.117. The van der Waals surface area contributed by atoms with Gasteiger partial charge in [-0.05, 0) is 38.0 Å². The van der Waals surface area contributed by atoms with Gasteiger partial charge in [0.2, 0.25) is 15.9 Å². The second kappa shape index (κ2) is 9.55. The zero-order chi connectivity index (χ0) is 18.6. The molecule has 2 rings (SSSR count). The molecule has 0 aliphatic carbocycles. The first-order valence-electron chi connectivity index (χ1n) is 8.76. The molecule has 148 valence electrons. The number of sulfonamides is 1. The number of hydrogen-bond acceptors (Lipinski definition) is 5. The highest BCUT2D eigenvalue weighted by atomic mass is 35.5. The second-order valence-corrected chi connectivity index (χ2v) is 8.18. The largest absolute Gasteiger partial charge is 0.370 e. The van der Waals surface area contributed by atoms with Crippen molar-refractivity contribution in [2.75, 3.05) is 36.4 Å². The molecule has 7 nitrogen and oxygen atoms in total. The summed E-state index contributed by atoms with van der Waals surface area (Å²) in [7, 11) is -3.59. The molecule has 26 heavy (non-hydrogen) atoms. The predicted molar refractivity (Wildman–Crippen MR) is 108 cm³/mol. The van der Waals surface area contributed by atoms with Crippen molar-refractivity contribution in [1.29, 1.82) is 0 Å². The van der Waals surface area contributed by atoms with E-state index in [1.54, 1.807) is 39.0 Å². The Kier molecular flexibility index (Phi) is 8.33. The smallest absolute Gasteiger partial charge is 0.243 e. The van der Waals surface area contributed by atoms with E-state index in [1.807, 2.05) is 0 Å². The first-order chi connectivity index (χ1) is 11.8. The fourth-order valence-electron chi connectivity index (χ4n) is 2.97. The minimum absolute atomic E-state index is 0. The van der Waals surface area contributed by atoms with Crippen LogP contribution in [-0.2, 0) is 14.8 Å². The third-order valence-electron chi connectivity index (χ3n) is 4.43. The molecular weight excluding hydrogens is 376 g/mol. The molecule has 1 aromatic carbocycles. The van der Waals surface area contributed by atoms with Crippen molar-refractivity contribution in [1.82, 2.24) is 4.31 Å². The number of rotatable bonds is 7. The van der Waals surface area contributed by atoms with Crippen LogP contribution in [-0.4, -0.2) is 50.9 Å².